The van der Waals surface area contributed by atoms with Gasteiger partial charge in [0.1, 0.15) is 0 Å². The average Bonchev–Trinajstić information content (AvgIpc) is 2.54. The lowest BCUT2D eigenvalue weighted by Gasteiger charge is -2.28. The molecule has 0 aliphatic carbocycles. The molecule has 0 saturated carbocycles. The summed E-state index contributed by atoms with van der Waals surface area (Å²) in [5, 5.41) is 2.89. The fourth-order valence-electron chi connectivity index (χ4n) is 2.52. The lowest BCUT2D eigenvalue weighted by molar-refractivity contribution is -0.117. The van der Waals surface area contributed by atoms with E-state index in [2.05, 4.69) is 22.3 Å². The molecule has 1 aromatic carbocycles. The lowest BCUT2D eigenvalue weighted by atomic mass is 10.1. The summed E-state index contributed by atoms with van der Waals surface area (Å²) in [7, 11) is 0. The van der Waals surface area contributed by atoms with Crippen molar-refractivity contribution in [2.45, 2.75) is 31.7 Å². The summed E-state index contributed by atoms with van der Waals surface area (Å²) in [5.74, 6) is 0.803. The second-order valence-electron chi connectivity index (χ2n) is 5.47. The molecule has 3 N–H and O–H groups in total. The van der Waals surface area contributed by atoms with Crippen LogP contribution >= 0.6 is 11.8 Å². The highest BCUT2D eigenvalue weighted by atomic mass is 32.2. The van der Waals surface area contributed by atoms with Gasteiger partial charge in [-0.2, -0.15) is 11.8 Å². The maximum Gasteiger partial charge on any atom is 0.241 e. The van der Waals surface area contributed by atoms with Crippen LogP contribution in [0.15, 0.2) is 24.3 Å². The maximum absolute atomic E-state index is 11.9. The number of nitrogens with zero attached hydrogens (tertiary/aromatic N) is 1. The molecule has 1 heterocycles. The van der Waals surface area contributed by atoms with Gasteiger partial charge >= 0.3 is 0 Å². The quantitative estimate of drug-likeness (QED) is 0.848. The van der Waals surface area contributed by atoms with Crippen molar-refractivity contribution in [1.29, 1.82) is 0 Å². The fraction of sp³-hybridized carbons (Fsp3) is 0.562. The molecular weight excluding hydrogens is 282 g/mol. The van der Waals surface area contributed by atoms with E-state index in [0.717, 1.165) is 24.5 Å². The van der Waals surface area contributed by atoms with Crippen LogP contribution in [0.1, 0.15) is 25.7 Å². The van der Waals surface area contributed by atoms with Crippen molar-refractivity contribution in [3.05, 3.63) is 24.3 Å². The van der Waals surface area contributed by atoms with Crippen molar-refractivity contribution >= 4 is 29.0 Å². The van der Waals surface area contributed by atoms with Crippen molar-refractivity contribution in [3.63, 3.8) is 0 Å². The van der Waals surface area contributed by atoms with Crippen LogP contribution in [0.4, 0.5) is 11.4 Å². The first-order valence-corrected chi connectivity index (χ1v) is 9.00. The van der Waals surface area contributed by atoms with Gasteiger partial charge in [-0.15, -0.1) is 0 Å². The zero-order valence-corrected chi connectivity index (χ0v) is 13.5. The maximum atomic E-state index is 11.9. The van der Waals surface area contributed by atoms with Crippen LogP contribution in [0.3, 0.4) is 0 Å². The van der Waals surface area contributed by atoms with Crippen molar-refractivity contribution in [2.75, 3.05) is 35.3 Å². The number of carbonyl (C=O) groups excluding carboxylic acids is 1. The number of benzene rings is 1. The number of carbonyl (C=O) groups is 1. The Morgan fingerprint density at radius 2 is 1.95 bits per heavy atom. The summed E-state index contributed by atoms with van der Waals surface area (Å²) in [6.07, 6.45) is 6.59. The lowest BCUT2D eigenvalue weighted by Crippen LogP contribution is -2.36. The minimum atomic E-state index is -0.431. The molecule has 1 atom stereocenters. The highest BCUT2D eigenvalue weighted by Crippen LogP contribution is 2.21. The number of rotatable bonds is 6. The molecule has 0 spiro atoms. The van der Waals surface area contributed by atoms with Crippen LogP contribution in [0.25, 0.3) is 0 Å². The molecule has 116 valence electrons. The first kappa shape index (κ1) is 16.2. The predicted molar refractivity (Wildman–Crippen MR) is 92.1 cm³/mol. The van der Waals surface area contributed by atoms with E-state index in [9.17, 15) is 4.79 Å². The number of anilines is 2. The van der Waals surface area contributed by atoms with Crippen molar-refractivity contribution in [2.24, 2.45) is 5.73 Å². The van der Waals surface area contributed by atoms with Gasteiger partial charge in [-0.3, -0.25) is 4.79 Å². The van der Waals surface area contributed by atoms with E-state index in [1.807, 2.05) is 18.4 Å². The van der Waals surface area contributed by atoms with E-state index in [4.69, 9.17) is 5.73 Å². The molecule has 0 radical (unpaired) electrons. The van der Waals surface area contributed by atoms with Crippen LogP contribution in [-0.4, -0.2) is 37.0 Å². The van der Waals surface area contributed by atoms with Gasteiger partial charge in [0.2, 0.25) is 5.91 Å². The van der Waals surface area contributed by atoms with Gasteiger partial charge < -0.3 is 16.0 Å². The minimum absolute atomic E-state index is 0.102. The molecule has 5 heteroatoms. The molecule has 0 aromatic heterocycles. The molecule has 0 bridgehead atoms. The SMILES string of the molecule is CSCC[C@@H](N)C(=O)Nc1ccc(N2CCCCC2)cc1. The minimum Gasteiger partial charge on any atom is -0.372 e. The van der Waals surface area contributed by atoms with Gasteiger partial charge in [-0.05, 0) is 62.0 Å². The molecule has 1 amide bonds. The molecule has 1 aromatic rings. The van der Waals surface area contributed by atoms with Crippen LogP contribution in [0, 0.1) is 0 Å². The fourth-order valence-corrected chi connectivity index (χ4v) is 3.01. The van der Waals surface area contributed by atoms with Crippen LogP contribution in [0.5, 0.6) is 0 Å². The summed E-state index contributed by atoms with van der Waals surface area (Å²) in [6.45, 7) is 2.26. The van der Waals surface area contributed by atoms with Gasteiger partial charge in [-0.1, -0.05) is 0 Å². The molecule has 2 rings (SSSR count). The molecule has 21 heavy (non-hydrogen) atoms. The number of hydrogen-bond acceptors (Lipinski definition) is 4. The Hall–Kier alpha value is -1.20. The number of amides is 1. The van der Waals surface area contributed by atoms with Crippen LogP contribution < -0.4 is 16.0 Å². The number of nitrogens with one attached hydrogen (secondary N) is 1. The molecular formula is C16H25N3OS. The predicted octanol–water partition coefficient (Wildman–Crippen LogP) is 2.70. The van der Waals surface area contributed by atoms with Gasteiger partial charge in [0.05, 0.1) is 6.04 Å². The second kappa shape index (κ2) is 8.29. The normalized spacial score (nSPS) is 16.6. The molecule has 4 nitrogen and oxygen atoms in total. The van der Waals surface area contributed by atoms with E-state index < -0.39 is 6.04 Å². The Bertz CT molecular complexity index is 443. The molecule has 0 unspecified atom stereocenters. The van der Waals surface area contributed by atoms with Crippen molar-refractivity contribution in [3.8, 4) is 0 Å². The largest absolute Gasteiger partial charge is 0.372 e. The van der Waals surface area contributed by atoms with Crippen molar-refractivity contribution < 1.29 is 4.79 Å². The van der Waals surface area contributed by atoms with E-state index in [1.165, 1.54) is 24.9 Å². The zero-order valence-electron chi connectivity index (χ0n) is 12.7. The topological polar surface area (TPSA) is 58.4 Å². The van der Waals surface area contributed by atoms with Crippen LogP contribution in [0.2, 0.25) is 0 Å². The van der Waals surface area contributed by atoms with Crippen molar-refractivity contribution in [1.82, 2.24) is 0 Å². The first-order valence-electron chi connectivity index (χ1n) is 7.61. The zero-order chi connectivity index (χ0) is 15.1. The number of nitrogens with two attached hydrogens (primary N) is 1. The number of thioether (sulfide) groups is 1. The van der Waals surface area contributed by atoms with E-state index >= 15 is 0 Å². The first-order chi connectivity index (χ1) is 10.2. The summed E-state index contributed by atoms with van der Waals surface area (Å²) in [5.41, 5.74) is 7.92. The summed E-state index contributed by atoms with van der Waals surface area (Å²) in [6, 6.07) is 7.65. The van der Waals surface area contributed by atoms with Gasteiger partial charge in [0.25, 0.3) is 0 Å². The Morgan fingerprint density at radius 1 is 1.29 bits per heavy atom. The Balaban J connectivity index is 1.88. The summed E-state index contributed by atoms with van der Waals surface area (Å²) < 4.78 is 0. The van der Waals surface area contributed by atoms with Gasteiger partial charge in [-0.25, -0.2) is 0 Å². The number of piperidine rings is 1. The highest BCUT2D eigenvalue weighted by molar-refractivity contribution is 7.98. The average molecular weight is 307 g/mol. The van der Waals surface area contributed by atoms with Crippen LogP contribution in [-0.2, 0) is 4.79 Å². The van der Waals surface area contributed by atoms with E-state index in [1.54, 1.807) is 11.8 Å². The summed E-state index contributed by atoms with van der Waals surface area (Å²) >= 11 is 1.71. The van der Waals surface area contributed by atoms with E-state index in [-0.39, 0.29) is 5.91 Å². The second-order valence-corrected chi connectivity index (χ2v) is 6.46. The third-order valence-corrected chi connectivity index (χ3v) is 4.47. The Morgan fingerprint density at radius 3 is 2.57 bits per heavy atom. The monoisotopic (exact) mass is 307 g/mol. The van der Waals surface area contributed by atoms with Gasteiger partial charge in [0, 0.05) is 24.5 Å². The Kier molecular flexibility index (Phi) is 6.39. The third-order valence-electron chi connectivity index (χ3n) is 3.83. The molecule has 1 saturated heterocycles. The molecule has 1 fully saturated rings. The van der Waals surface area contributed by atoms with Gasteiger partial charge in [0.15, 0.2) is 0 Å². The smallest absolute Gasteiger partial charge is 0.241 e. The summed E-state index contributed by atoms with van der Waals surface area (Å²) in [4.78, 5) is 14.4. The Labute approximate surface area is 131 Å². The third kappa shape index (κ3) is 4.93. The number of hydrogen-bond donors (Lipinski definition) is 2. The molecule has 1 aliphatic heterocycles. The molecule has 1 aliphatic rings. The van der Waals surface area contributed by atoms with E-state index in [0.29, 0.717) is 6.42 Å². The standard InChI is InChI=1S/C16H25N3OS/c1-21-12-9-15(17)16(20)18-13-5-7-14(8-6-13)19-10-3-2-4-11-19/h5-8,15H,2-4,9-12,17H2,1H3,(H,18,20)/t15-/m1/s1. The highest BCUT2D eigenvalue weighted by Gasteiger charge is 2.14.